The van der Waals surface area contributed by atoms with Gasteiger partial charge in [0.25, 0.3) is 5.91 Å². The summed E-state index contributed by atoms with van der Waals surface area (Å²) in [6.07, 6.45) is 3.01. The first-order chi connectivity index (χ1) is 8.80. The lowest BCUT2D eigenvalue weighted by Crippen LogP contribution is -2.41. The summed E-state index contributed by atoms with van der Waals surface area (Å²) in [5, 5.41) is 5.06. The number of aryl methyl sites for hydroxylation is 1. The average Bonchev–Trinajstić information content (AvgIpc) is 2.71. The molecular formula is C12H18N2O4S. The number of likely N-dealkylation sites (tertiary alicyclic amines) is 1. The SMILES string of the molecule is Cc1oc(C(=O)N2CCCCC2C)cc1S(N)(=O)=O. The molecule has 0 bridgehead atoms. The number of primary sulfonamides is 1. The number of nitrogens with two attached hydrogens (primary N) is 1. The molecule has 106 valence electrons. The monoisotopic (exact) mass is 286 g/mol. The fourth-order valence-electron chi connectivity index (χ4n) is 2.39. The van der Waals surface area contributed by atoms with Gasteiger partial charge in [-0.3, -0.25) is 4.79 Å². The highest BCUT2D eigenvalue weighted by molar-refractivity contribution is 7.89. The maximum absolute atomic E-state index is 12.3. The van der Waals surface area contributed by atoms with Crippen LogP contribution in [0.4, 0.5) is 0 Å². The standard InChI is InChI=1S/C12H18N2O4S/c1-8-5-3-4-6-14(8)12(15)10-7-11(9(2)18-10)19(13,16)17/h7-8H,3-6H2,1-2H3,(H2,13,16,17). The summed E-state index contributed by atoms with van der Waals surface area (Å²) < 4.78 is 27.9. The molecule has 6 nitrogen and oxygen atoms in total. The third kappa shape index (κ3) is 2.82. The number of piperidine rings is 1. The van der Waals surface area contributed by atoms with Crippen LogP contribution in [0, 0.1) is 6.92 Å². The zero-order valence-corrected chi connectivity index (χ0v) is 11.9. The van der Waals surface area contributed by atoms with Gasteiger partial charge in [0, 0.05) is 18.7 Å². The number of hydrogen-bond donors (Lipinski definition) is 1. The van der Waals surface area contributed by atoms with Crippen LogP contribution < -0.4 is 5.14 Å². The van der Waals surface area contributed by atoms with Crippen molar-refractivity contribution >= 4 is 15.9 Å². The van der Waals surface area contributed by atoms with E-state index >= 15 is 0 Å². The Hall–Kier alpha value is -1.34. The van der Waals surface area contributed by atoms with Gasteiger partial charge in [-0.1, -0.05) is 0 Å². The molecule has 1 aliphatic heterocycles. The summed E-state index contributed by atoms with van der Waals surface area (Å²) in [6.45, 7) is 4.13. The van der Waals surface area contributed by atoms with Gasteiger partial charge in [0.05, 0.1) is 0 Å². The summed E-state index contributed by atoms with van der Waals surface area (Å²) in [5.74, 6) is -0.0870. The van der Waals surface area contributed by atoms with Gasteiger partial charge >= 0.3 is 0 Å². The van der Waals surface area contributed by atoms with Crippen molar-refractivity contribution in [3.63, 3.8) is 0 Å². The normalized spacial score (nSPS) is 20.6. The summed E-state index contributed by atoms with van der Waals surface area (Å²) in [5.41, 5.74) is 0. The van der Waals surface area contributed by atoms with Crippen molar-refractivity contribution < 1.29 is 17.6 Å². The topological polar surface area (TPSA) is 93.6 Å². The van der Waals surface area contributed by atoms with Crippen molar-refractivity contribution in [1.82, 2.24) is 4.90 Å². The van der Waals surface area contributed by atoms with Crippen molar-refractivity contribution in [3.05, 3.63) is 17.6 Å². The second-order valence-electron chi connectivity index (χ2n) is 4.92. The highest BCUT2D eigenvalue weighted by Crippen LogP contribution is 2.23. The zero-order chi connectivity index (χ0) is 14.2. The molecule has 7 heteroatoms. The van der Waals surface area contributed by atoms with E-state index < -0.39 is 10.0 Å². The molecule has 1 amide bonds. The molecule has 1 atom stereocenters. The van der Waals surface area contributed by atoms with Gasteiger partial charge < -0.3 is 9.32 Å². The minimum Gasteiger partial charge on any atom is -0.455 e. The first kappa shape index (κ1) is 14.1. The van der Waals surface area contributed by atoms with E-state index in [0.29, 0.717) is 6.54 Å². The number of amides is 1. The van der Waals surface area contributed by atoms with E-state index in [1.54, 1.807) is 4.90 Å². The van der Waals surface area contributed by atoms with Crippen molar-refractivity contribution in [3.8, 4) is 0 Å². The van der Waals surface area contributed by atoms with Gasteiger partial charge in [0.2, 0.25) is 10.0 Å². The van der Waals surface area contributed by atoms with Crippen LogP contribution in [0.3, 0.4) is 0 Å². The summed E-state index contributed by atoms with van der Waals surface area (Å²) in [6, 6.07) is 1.36. The van der Waals surface area contributed by atoms with Crippen LogP contribution in [0.1, 0.15) is 42.5 Å². The molecule has 1 aromatic heterocycles. The van der Waals surface area contributed by atoms with Crippen LogP contribution in [0.2, 0.25) is 0 Å². The number of sulfonamides is 1. The smallest absolute Gasteiger partial charge is 0.289 e. The summed E-state index contributed by atoms with van der Waals surface area (Å²) in [7, 11) is -3.85. The Morgan fingerprint density at radius 2 is 2.16 bits per heavy atom. The molecule has 0 spiro atoms. The first-order valence-electron chi connectivity index (χ1n) is 6.25. The van der Waals surface area contributed by atoms with Crippen LogP contribution in [0.5, 0.6) is 0 Å². The molecule has 2 rings (SSSR count). The minimum absolute atomic E-state index is 0.0373. The predicted molar refractivity (Wildman–Crippen MR) is 69.2 cm³/mol. The Morgan fingerprint density at radius 3 is 2.68 bits per heavy atom. The molecule has 1 aliphatic rings. The Labute approximate surface area is 112 Å². The summed E-state index contributed by atoms with van der Waals surface area (Å²) >= 11 is 0. The van der Waals surface area contributed by atoms with Crippen molar-refractivity contribution in [2.45, 2.75) is 44.0 Å². The molecular weight excluding hydrogens is 268 g/mol. The fourth-order valence-corrected chi connectivity index (χ4v) is 3.11. The third-order valence-corrected chi connectivity index (χ3v) is 4.47. The number of carbonyl (C=O) groups excluding carboxylic acids is 1. The van der Waals surface area contributed by atoms with Gasteiger partial charge in [-0.05, 0) is 33.1 Å². The average molecular weight is 286 g/mol. The summed E-state index contributed by atoms with van der Waals surface area (Å²) in [4.78, 5) is 13.9. The number of carbonyl (C=O) groups is 1. The minimum atomic E-state index is -3.85. The van der Waals surface area contributed by atoms with Crippen LogP contribution in [-0.2, 0) is 10.0 Å². The molecule has 1 aromatic rings. The molecule has 0 aliphatic carbocycles. The largest absolute Gasteiger partial charge is 0.455 e. The van der Waals surface area contributed by atoms with Crippen LogP contribution in [-0.4, -0.2) is 31.8 Å². The van der Waals surface area contributed by atoms with E-state index in [-0.39, 0.29) is 28.4 Å². The quantitative estimate of drug-likeness (QED) is 0.885. The molecule has 1 saturated heterocycles. The fraction of sp³-hybridized carbons (Fsp3) is 0.583. The van der Waals surface area contributed by atoms with E-state index in [0.717, 1.165) is 19.3 Å². The lowest BCUT2D eigenvalue weighted by atomic mass is 10.0. The predicted octanol–water partition coefficient (Wildman–Crippen LogP) is 1.25. The molecule has 0 radical (unpaired) electrons. The van der Waals surface area contributed by atoms with E-state index in [2.05, 4.69) is 0 Å². The van der Waals surface area contributed by atoms with Crippen molar-refractivity contribution in [1.29, 1.82) is 0 Å². The first-order valence-corrected chi connectivity index (χ1v) is 7.79. The molecule has 1 unspecified atom stereocenters. The van der Waals surface area contributed by atoms with E-state index in [4.69, 9.17) is 9.56 Å². The molecule has 0 saturated carbocycles. The van der Waals surface area contributed by atoms with E-state index in [1.165, 1.54) is 13.0 Å². The van der Waals surface area contributed by atoms with Gasteiger partial charge in [0.15, 0.2) is 5.76 Å². The Bertz CT molecular complexity index is 591. The molecule has 0 aromatic carbocycles. The lowest BCUT2D eigenvalue weighted by Gasteiger charge is -2.32. The van der Waals surface area contributed by atoms with Crippen molar-refractivity contribution in [2.24, 2.45) is 5.14 Å². The molecule has 1 fully saturated rings. The maximum atomic E-state index is 12.3. The highest BCUT2D eigenvalue weighted by Gasteiger charge is 2.28. The van der Waals surface area contributed by atoms with E-state index in [9.17, 15) is 13.2 Å². The Kier molecular flexibility index (Phi) is 3.69. The van der Waals surface area contributed by atoms with Gasteiger partial charge in [-0.2, -0.15) is 0 Å². The van der Waals surface area contributed by atoms with Crippen LogP contribution >= 0.6 is 0 Å². The van der Waals surface area contributed by atoms with E-state index in [1.807, 2.05) is 6.92 Å². The number of furan rings is 1. The second kappa shape index (κ2) is 4.97. The lowest BCUT2D eigenvalue weighted by molar-refractivity contribution is 0.0601. The van der Waals surface area contributed by atoms with Gasteiger partial charge in [-0.15, -0.1) is 0 Å². The molecule has 19 heavy (non-hydrogen) atoms. The van der Waals surface area contributed by atoms with Crippen LogP contribution in [0.25, 0.3) is 0 Å². The molecule has 2 N–H and O–H groups in total. The number of rotatable bonds is 2. The Balaban J connectivity index is 2.30. The molecule has 2 heterocycles. The highest BCUT2D eigenvalue weighted by atomic mass is 32.2. The number of hydrogen-bond acceptors (Lipinski definition) is 4. The Morgan fingerprint density at radius 1 is 1.47 bits per heavy atom. The maximum Gasteiger partial charge on any atom is 0.289 e. The second-order valence-corrected chi connectivity index (χ2v) is 6.45. The zero-order valence-electron chi connectivity index (χ0n) is 11.0. The van der Waals surface area contributed by atoms with Gasteiger partial charge in [-0.25, -0.2) is 13.6 Å². The van der Waals surface area contributed by atoms with Crippen molar-refractivity contribution in [2.75, 3.05) is 6.54 Å². The third-order valence-electron chi connectivity index (χ3n) is 3.45. The van der Waals surface area contributed by atoms with Gasteiger partial charge in [0.1, 0.15) is 10.7 Å². The number of nitrogens with zero attached hydrogens (tertiary/aromatic N) is 1. The van der Waals surface area contributed by atoms with Crippen LogP contribution in [0.15, 0.2) is 15.4 Å².